The number of alkyl halides is 3. The molecule has 16 rings (SSSR count). The van der Waals surface area contributed by atoms with Crippen molar-refractivity contribution in [2.24, 2.45) is 0 Å². The van der Waals surface area contributed by atoms with Gasteiger partial charge in [-0.3, -0.25) is 0 Å². The van der Waals surface area contributed by atoms with E-state index in [-0.39, 0.29) is 58.4 Å². The number of hydrogen-bond acceptors (Lipinski definition) is 7. The summed E-state index contributed by atoms with van der Waals surface area (Å²) in [5.41, 5.74) is 4.37. The molecule has 0 saturated heterocycles. The number of benzene rings is 14. The molecule has 0 radical (unpaired) electrons. The van der Waals surface area contributed by atoms with E-state index in [1.807, 2.05) is 121 Å². The van der Waals surface area contributed by atoms with Crippen LogP contribution in [0.2, 0.25) is 0 Å². The van der Waals surface area contributed by atoms with Crippen molar-refractivity contribution >= 4 is 110 Å². The average Bonchev–Trinajstić information content (AvgIpc) is 1.07. The van der Waals surface area contributed by atoms with Gasteiger partial charge in [0.25, 0.3) is 0 Å². The first-order chi connectivity index (χ1) is 47.5. The van der Waals surface area contributed by atoms with Crippen molar-refractivity contribution in [1.82, 2.24) is 0 Å². The van der Waals surface area contributed by atoms with Crippen molar-refractivity contribution < 1.29 is 58.4 Å². The van der Waals surface area contributed by atoms with Gasteiger partial charge < -0.3 is 23.1 Å². The fourth-order valence-electron chi connectivity index (χ4n) is 11.8. The topological polar surface area (TPSA) is 110 Å². The molecule has 0 bridgehead atoms. The third-order valence-corrected chi connectivity index (χ3v) is 16.5. The zero-order chi connectivity index (χ0) is 69.5. The second-order valence-electron chi connectivity index (χ2n) is 20.7. The molecule has 0 spiro atoms. The lowest BCUT2D eigenvalue weighted by Gasteiger charge is -2.18. The Kier molecular flexibility index (Phi) is 11.9. The highest BCUT2D eigenvalue weighted by Crippen LogP contribution is 2.48. The molecular formula is C77H50BF3O7S. The van der Waals surface area contributed by atoms with Gasteiger partial charge in [-0.2, -0.15) is 21.6 Å². The van der Waals surface area contributed by atoms with Crippen molar-refractivity contribution in [2.45, 2.75) is 5.51 Å². The van der Waals surface area contributed by atoms with Crippen LogP contribution < -0.4 is 9.65 Å². The standard InChI is InChI=1S/C38H24O.C20H15BO2.C19H11F3O4S/c1-3-12-25(13-4-1)27-22-23-34-33(24-27)38-32(20-11-21-35(38)39-34)37-30-18-9-7-16-28(30)36(26-14-5-2-6-15-26)29-17-8-10-19-31(29)37;22-21(23)20-17-12-6-4-10-15(17)19(14-8-2-1-3-9-14)16-11-5-7-13-18(16)20;20-19(21,22)27(23,24)26-17-8-4-7-16-18(17)14-11-13(9-10-15(14)25-16)12-5-2-1-3-6-12/h1-24H;1-13,22-23H;1-11H/i2D,5D,6D,14D,15D;1D,2D,3D,8D,9D;. The van der Waals surface area contributed by atoms with E-state index < -0.39 is 52.7 Å². The van der Waals surface area contributed by atoms with Gasteiger partial charge in [0.1, 0.15) is 22.3 Å². The Labute approximate surface area is 523 Å². The third-order valence-electron chi connectivity index (χ3n) is 15.6. The summed E-state index contributed by atoms with van der Waals surface area (Å²) in [6.07, 6.45) is 0. The molecular weight excluding hydrogens is 1140 g/mol. The van der Waals surface area contributed by atoms with E-state index >= 15 is 0 Å². The quantitative estimate of drug-likeness (QED) is 0.0675. The lowest BCUT2D eigenvalue weighted by atomic mass is 9.72. The van der Waals surface area contributed by atoms with E-state index in [1.165, 1.54) is 12.1 Å². The molecule has 16 aromatic rings. The highest BCUT2D eigenvalue weighted by Gasteiger charge is 2.49. The minimum absolute atomic E-state index is 0.0948. The lowest BCUT2D eigenvalue weighted by Crippen LogP contribution is -2.31. The summed E-state index contributed by atoms with van der Waals surface area (Å²) in [4.78, 5) is 0. The second kappa shape index (κ2) is 23.2. The van der Waals surface area contributed by atoms with Crippen LogP contribution in [0.5, 0.6) is 5.75 Å². The van der Waals surface area contributed by atoms with Crippen molar-refractivity contribution in [1.29, 1.82) is 0 Å². The molecule has 0 aliphatic heterocycles. The van der Waals surface area contributed by atoms with E-state index in [1.54, 1.807) is 60.7 Å². The van der Waals surface area contributed by atoms with Crippen LogP contribution in [0.3, 0.4) is 0 Å². The van der Waals surface area contributed by atoms with Crippen molar-refractivity contribution in [3.63, 3.8) is 0 Å². The molecule has 0 aliphatic rings. The zero-order valence-electron chi connectivity index (χ0n) is 56.5. The summed E-state index contributed by atoms with van der Waals surface area (Å²) in [7, 11) is -7.51. The van der Waals surface area contributed by atoms with E-state index in [0.717, 1.165) is 82.9 Å². The van der Waals surface area contributed by atoms with Crippen LogP contribution in [0, 0.1) is 0 Å². The van der Waals surface area contributed by atoms with Crippen LogP contribution in [0.1, 0.15) is 13.7 Å². The van der Waals surface area contributed by atoms with Gasteiger partial charge in [-0.25, -0.2) is 0 Å². The van der Waals surface area contributed by atoms with Gasteiger partial charge in [0.05, 0.1) is 19.1 Å². The van der Waals surface area contributed by atoms with Gasteiger partial charge in [0, 0.05) is 16.2 Å². The highest BCUT2D eigenvalue weighted by molar-refractivity contribution is 7.88. The Morgan fingerprint density at radius 3 is 1.19 bits per heavy atom. The Morgan fingerprint density at radius 2 is 0.753 bits per heavy atom. The monoisotopic (exact) mass is 1200 g/mol. The molecule has 12 heteroatoms. The summed E-state index contributed by atoms with van der Waals surface area (Å²) in [6.45, 7) is 0. The van der Waals surface area contributed by atoms with E-state index in [0.29, 0.717) is 49.1 Å². The van der Waals surface area contributed by atoms with Gasteiger partial charge in [-0.05, 0) is 147 Å². The molecule has 0 aliphatic carbocycles. The maximum atomic E-state index is 12.7. The first-order valence-electron chi connectivity index (χ1n) is 32.9. The van der Waals surface area contributed by atoms with Crippen LogP contribution in [0.15, 0.2) is 300 Å². The molecule has 0 atom stereocenters. The number of furan rings is 2. The fraction of sp³-hybridized carbons (Fsp3) is 0.0130. The maximum Gasteiger partial charge on any atom is 0.534 e. The van der Waals surface area contributed by atoms with Gasteiger partial charge in [-0.15, -0.1) is 0 Å². The molecule has 0 amide bonds. The van der Waals surface area contributed by atoms with Crippen LogP contribution in [-0.2, 0) is 10.1 Å². The Bertz CT molecular complexity index is 5920. The Morgan fingerprint density at radius 1 is 0.371 bits per heavy atom. The normalized spacial score (nSPS) is 13.3. The highest BCUT2D eigenvalue weighted by atomic mass is 32.2. The van der Waals surface area contributed by atoms with Gasteiger partial charge in [-0.1, -0.05) is 248 Å². The average molecular weight is 1200 g/mol. The SMILES string of the molecule is O=S(=O)(Oc1cccc2oc3ccc(-c4ccccc4)cc3c12)C(F)(F)F.[2H]c1c([2H])c([2H])c(-c2c3ccccc3c(-c3cccc4oc5ccc(-c6ccccc6)cc5c34)c3ccccc23)c([2H])c1[2H].[2H]c1c([2H])c([2H])c(-c2c3ccccc3c(B(O)O)c3ccccc23)c([2H])c1[2H]. The van der Waals surface area contributed by atoms with Crippen LogP contribution in [0.4, 0.5) is 13.2 Å². The smallest absolute Gasteiger partial charge is 0.456 e. The molecule has 0 unspecified atom stereocenters. The summed E-state index contributed by atoms with van der Waals surface area (Å²) in [5, 5.41) is 28.4. The maximum absolute atomic E-state index is 12.7. The van der Waals surface area contributed by atoms with Crippen molar-refractivity contribution in [3.05, 3.63) is 291 Å². The Hall–Kier alpha value is -10.8. The van der Waals surface area contributed by atoms with E-state index in [9.17, 15) is 31.6 Å². The molecule has 14 aromatic carbocycles. The number of rotatable bonds is 8. The predicted molar refractivity (Wildman–Crippen MR) is 357 cm³/mol. The molecule has 89 heavy (non-hydrogen) atoms. The molecule has 2 aromatic heterocycles. The number of fused-ring (bicyclic) bond motifs is 10. The molecule has 7 nitrogen and oxygen atoms in total. The largest absolute Gasteiger partial charge is 0.534 e. The van der Waals surface area contributed by atoms with Crippen molar-refractivity contribution in [3.8, 4) is 61.4 Å². The summed E-state index contributed by atoms with van der Waals surface area (Å²) in [6, 6.07) is 67.8. The Balaban J connectivity index is 0.000000133. The van der Waals surface area contributed by atoms with Gasteiger partial charge in [0.15, 0.2) is 5.75 Å². The molecule has 0 saturated carbocycles. The molecule has 430 valence electrons. The van der Waals surface area contributed by atoms with Gasteiger partial charge in [0.2, 0.25) is 0 Å². The van der Waals surface area contributed by atoms with Crippen LogP contribution >= 0.6 is 0 Å². The predicted octanol–water partition coefficient (Wildman–Crippen LogP) is 19.7. The van der Waals surface area contributed by atoms with Crippen molar-refractivity contribution in [2.75, 3.05) is 0 Å². The first kappa shape index (κ1) is 45.5. The summed E-state index contributed by atoms with van der Waals surface area (Å²) < 4.78 is 161. The first-order valence-corrected chi connectivity index (χ1v) is 29.3. The fourth-order valence-corrected chi connectivity index (χ4v) is 12.3. The minimum Gasteiger partial charge on any atom is -0.456 e. The van der Waals surface area contributed by atoms with Gasteiger partial charge >= 0.3 is 22.7 Å². The van der Waals surface area contributed by atoms with E-state index in [4.69, 9.17) is 22.5 Å². The van der Waals surface area contributed by atoms with Crippen LogP contribution in [-0.4, -0.2) is 31.1 Å². The molecule has 2 N–H and O–H groups in total. The lowest BCUT2D eigenvalue weighted by molar-refractivity contribution is -0.0499. The zero-order valence-corrected chi connectivity index (χ0v) is 47.3. The molecule has 0 fully saturated rings. The summed E-state index contributed by atoms with van der Waals surface area (Å²) >= 11 is 0. The number of hydrogen-bond donors (Lipinski definition) is 2. The third kappa shape index (κ3) is 10.4. The summed E-state index contributed by atoms with van der Waals surface area (Å²) in [5.74, 6) is -0.436. The van der Waals surface area contributed by atoms with Crippen LogP contribution in [0.25, 0.3) is 143 Å². The second-order valence-corrected chi connectivity index (χ2v) is 22.3. The van der Waals surface area contributed by atoms with E-state index in [2.05, 4.69) is 34.5 Å². The minimum atomic E-state index is -5.79. The number of halogens is 3. The molecule has 2 heterocycles.